The van der Waals surface area contributed by atoms with E-state index in [1.807, 2.05) is 4.68 Å². The fourth-order valence-corrected chi connectivity index (χ4v) is 3.15. The third kappa shape index (κ3) is 3.40. The van der Waals surface area contributed by atoms with E-state index in [9.17, 15) is 14.0 Å². The van der Waals surface area contributed by atoms with Crippen LogP contribution in [0, 0.1) is 5.82 Å². The highest BCUT2D eigenvalue weighted by Crippen LogP contribution is 2.40. The maximum atomic E-state index is 13.9. The van der Waals surface area contributed by atoms with Crippen molar-refractivity contribution in [3.8, 4) is 0 Å². The molecule has 2 aliphatic rings. The quantitative estimate of drug-likeness (QED) is 0.836. The van der Waals surface area contributed by atoms with Gasteiger partial charge in [0.2, 0.25) is 0 Å². The fraction of sp³-hybridized carbons (Fsp3) is 0.389. The number of aromatic nitrogens is 2. The molecule has 0 radical (unpaired) electrons. The molecule has 1 aliphatic carbocycles. The topological polar surface area (TPSA) is 76.0 Å². The zero-order valence-electron chi connectivity index (χ0n) is 13.7. The van der Waals surface area contributed by atoms with Crippen molar-refractivity contribution in [1.29, 1.82) is 0 Å². The summed E-state index contributed by atoms with van der Waals surface area (Å²) in [4.78, 5) is 23.9. The average Bonchev–Trinajstić information content (AvgIpc) is 3.24. The van der Waals surface area contributed by atoms with Gasteiger partial charge in [-0.25, -0.2) is 4.39 Å². The number of aryl methyl sites for hydroxylation is 2. The minimum Gasteiger partial charge on any atom is -0.344 e. The van der Waals surface area contributed by atoms with Gasteiger partial charge in [-0.05, 0) is 43.2 Å². The first kappa shape index (κ1) is 15.8. The molecule has 0 atom stereocenters. The number of hydrogen-bond donors (Lipinski definition) is 2. The Balaban J connectivity index is 1.35. The zero-order chi connectivity index (χ0) is 17.4. The van der Waals surface area contributed by atoms with Crippen LogP contribution in [0.3, 0.4) is 0 Å². The van der Waals surface area contributed by atoms with Gasteiger partial charge >= 0.3 is 11.8 Å². The van der Waals surface area contributed by atoms with Gasteiger partial charge in [-0.1, -0.05) is 12.1 Å². The van der Waals surface area contributed by atoms with Crippen molar-refractivity contribution in [2.24, 2.45) is 0 Å². The Morgan fingerprint density at radius 1 is 1.24 bits per heavy atom. The third-order valence-electron chi connectivity index (χ3n) is 4.67. The minimum atomic E-state index is -0.801. The molecule has 7 heteroatoms. The number of nitrogens with zero attached hydrogens (tertiary/aromatic N) is 2. The van der Waals surface area contributed by atoms with E-state index in [4.69, 9.17) is 0 Å². The smallest absolute Gasteiger partial charge is 0.314 e. The van der Waals surface area contributed by atoms with Crippen LogP contribution < -0.4 is 10.6 Å². The summed E-state index contributed by atoms with van der Waals surface area (Å²) in [5, 5.41) is 9.18. The highest BCUT2D eigenvalue weighted by molar-refractivity contribution is 6.39. The van der Waals surface area contributed by atoms with E-state index >= 15 is 0 Å². The molecule has 130 valence electrons. The number of benzene rings is 1. The molecule has 0 bridgehead atoms. The van der Waals surface area contributed by atoms with Gasteiger partial charge in [0.15, 0.2) is 5.82 Å². The molecule has 0 spiro atoms. The largest absolute Gasteiger partial charge is 0.344 e. The van der Waals surface area contributed by atoms with Gasteiger partial charge in [0.25, 0.3) is 0 Å². The molecule has 0 saturated heterocycles. The number of rotatable bonds is 4. The van der Waals surface area contributed by atoms with Crippen molar-refractivity contribution in [3.05, 3.63) is 46.9 Å². The first-order valence-electron chi connectivity index (χ1n) is 8.54. The number of hydrogen-bond acceptors (Lipinski definition) is 3. The summed E-state index contributed by atoms with van der Waals surface area (Å²) in [7, 11) is 0. The van der Waals surface area contributed by atoms with Gasteiger partial charge in [0, 0.05) is 30.4 Å². The molecule has 2 heterocycles. The first-order chi connectivity index (χ1) is 12.1. The molecule has 0 unspecified atom stereocenters. The molecule has 1 aromatic carbocycles. The summed E-state index contributed by atoms with van der Waals surface area (Å²) in [6.45, 7) is 0.812. The van der Waals surface area contributed by atoms with E-state index in [2.05, 4.69) is 15.7 Å². The predicted octanol–water partition coefficient (Wildman–Crippen LogP) is 2.10. The van der Waals surface area contributed by atoms with Crippen molar-refractivity contribution >= 4 is 17.6 Å². The van der Waals surface area contributed by atoms with Crippen molar-refractivity contribution in [2.75, 3.05) is 5.32 Å². The van der Waals surface area contributed by atoms with Crippen molar-refractivity contribution in [3.63, 3.8) is 0 Å². The molecule has 1 fully saturated rings. The molecule has 6 nitrogen and oxygen atoms in total. The van der Waals surface area contributed by atoms with E-state index in [0.717, 1.165) is 43.5 Å². The Hall–Kier alpha value is -2.70. The van der Waals surface area contributed by atoms with Crippen LogP contribution in [0.2, 0.25) is 0 Å². The second kappa shape index (κ2) is 6.31. The molecule has 2 aromatic rings. The molecular formula is C18H19FN4O2. The van der Waals surface area contributed by atoms with E-state index in [-0.39, 0.29) is 12.4 Å². The first-order valence-corrected chi connectivity index (χ1v) is 8.54. The normalized spacial score (nSPS) is 15.7. The lowest BCUT2D eigenvalue weighted by Crippen LogP contribution is -2.35. The fourth-order valence-electron chi connectivity index (χ4n) is 3.15. The molecule has 4 rings (SSSR count). The van der Waals surface area contributed by atoms with Crippen molar-refractivity contribution < 1.29 is 14.0 Å². The number of fused-ring (bicyclic) bond motifs is 1. The van der Waals surface area contributed by atoms with Gasteiger partial charge in [-0.2, -0.15) is 5.10 Å². The maximum absolute atomic E-state index is 13.9. The van der Waals surface area contributed by atoms with E-state index < -0.39 is 11.8 Å². The summed E-state index contributed by atoms with van der Waals surface area (Å²) in [5.74, 6) is -1.10. The van der Waals surface area contributed by atoms with Crippen molar-refractivity contribution in [2.45, 2.75) is 44.7 Å². The van der Waals surface area contributed by atoms with Crippen LogP contribution in [0.5, 0.6) is 0 Å². The summed E-state index contributed by atoms with van der Waals surface area (Å²) >= 11 is 0. The van der Waals surface area contributed by atoms with Crippen LogP contribution in [0.1, 0.15) is 42.0 Å². The van der Waals surface area contributed by atoms with Crippen LogP contribution >= 0.6 is 0 Å². The van der Waals surface area contributed by atoms with E-state index in [1.54, 1.807) is 18.2 Å². The number of halogens is 1. The zero-order valence-corrected chi connectivity index (χ0v) is 13.7. The van der Waals surface area contributed by atoms with E-state index in [1.165, 1.54) is 6.07 Å². The average molecular weight is 342 g/mol. The summed E-state index contributed by atoms with van der Waals surface area (Å²) in [5.41, 5.74) is 2.53. The predicted molar refractivity (Wildman–Crippen MR) is 89.4 cm³/mol. The Kier molecular flexibility index (Phi) is 3.99. The molecule has 25 heavy (non-hydrogen) atoms. The van der Waals surface area contributed by atoms with Gasteiger partial charge < -0.3 is 10.6 Å². The molecule has 2 amide bonds. The third-order valence-corrected chi connectivity index (χ3v) is 4.67. The minimum absolute atomic E-state index is 0.0155. The summed E-state index contributed by atoms with van der Waals surface area (Å²) in [6.07, 6.45) is 4.21. The molecule has 1 saturated carbocycles. The lowest BCUT2D eigenvalue weighted by atomic mass is 10.1. The Labute approximate surface area is 144 Å². The van der Waals surface area contributed by atoms with Crippen LogP contribution in [0.15, 0.2) is 24.3 Å². The number of amides is 2. The van der Waals surface area contributed by atoms with Crippen LogP contribution in [-0.4, -0.2) is 21.6 Å². The number of carbonyl (C=O) groups excluding carboxylic acids is 2. The Bertz CT molecular complexity index is 820. The monoisotopic (exact) mass is 342 g/mol. The number of nitrogens with one attached hydrogen (secondary N) is 2. The van der Waals surface area contributed by atoms with Crippen LogP contribution in [0.25, 0.3) is 0 Å². The molecule has 2 N–H and O–H groups in total. The molecule has 1 aromatic heterocycles. The van der Waals surface area contributed by atoms with E-state index in [0.29, 0.717) is 17.3 Å². The highest BCUT2D eigenvalue weighted by Gasteiger charge is 2.24. The highest BCUT2D eigenvalue weighted by atomic mass is 19.1. The lowest BCUT2D eigenvalue weighted by Gasteiger charge is -2.08. The Morgan fingerprint density at radius 3 is 2.84 bits per heavy atom. The molecular weight excluding hydrogens is 323 g/mol. The maximum Gasteiger partial charge on any atom is 0.314 e. The van der Waals surface area contributed by atoms with Crippen LogP contribution in [0.4, 0.5) is 10.2 Å². The summed E-state index contributed by atoms with van der Waals surface area (Å²) < 4.78 is 15.7. The second-order valence-electron chi connectivity index (χ2n) is 6.61. The molecule has 1 aliphatic heterocycles. The SMILES string of the molecule is O=C(NCc1cc(C2CC2)ccc1F)C(=O)Nc1cc2n(n1)CCC2. The van der Waals surface area contributed by atoms with Crippen molar-refractivity contribution in [1.82, 2.24) is 15.1 Å². The van der Waals surface area contributed by atoms with Crippen LogP contribution in [-0.2, 0) is 29.1 Å². The lowest BCUT2D eigenvalue weighted by molar-refractivity contribution is -0.136. The van der Waals surface area contributed by atoms with Gasteiger partial charge in [-0.3, -0.25) is 14.3 Å². The number of carbonyl (C=O) groups is 2. The number of anilines is 1. The van der Waals surface area contributed by atoms with Gasteiger partial charge in [0.1, 0.15) is 5.82 Å². The summed E-state index contributed by atoms with van der Waals surface area (Å²) in [6, 6.07) is 6.74. The standard InChI is InChI=1S/C18H19FN4O2/c19-15-6-5-12(11-3-4-11)8-13(15)10-20-17(24)18(25)21-16-9-14-2-1-7-23(14)22-16/h5-6,8-9,11H,1-4,7,10H2,(H,20,24)(H,21,22,25). The van der Waals surface area contributed by atoms with Gasteiger partial charge in [0.05, 0.1) is 0 Å². The Morgan fingerprint density at radius 2 is 2.08 bits per heavy atom. The second-order valence-corrected chi connectivity index (χ2v) is 6.61. The van der Waals surface area contributed by atoms with Gasteiger partial charge in [-0.15, -0.1) is 0 Å².